The van der Waals surface area contributed by atoms with E-state index in [1.807, 2.05) is 0 Å². The van der Waals surface area contributed by atoms with E-state index in [0.717, 1.165) is 6.07 Å². The van der Waals surface area contributed by atoms with Gasteiger partial charge in [0.1, 0.15) is 5.82 Å². The van der Waals surface area contributed by atoms with Crippen molar-refractivity contribution in [3.63, 3.8) is 0 Å². The monoisotopic (exact) mass is 298 g/mol. The van der Waals surface area contributed by atoms with Crippen LogP contribution >= 0.6 is 0 Å². The van der Waals surface area contributed by atoms with E-state index in [4.69, 9.17) is 9.47 Å². The molecule has 0 spiro atoms. The topological polar surface area (TPSA) is 72.8 Å². The van der Waals surface area contributed by atoms with Crippen molar-refractivity contribution in [2.75, 3.05) is 19.8 Å². The molecule has 21 heavy (non-hydrogen) atoms. The second-order valence-electron chi connectivity index (χ2n) is 4.30. The van der Waals surface area contributed by atoms with Crippen molar-refractivity contribution in [3.05, 3.63) is 35.6 Å². The van der Waals surface area contributed by atoms with Crippen LogP contribution in [0.1, 0.15) is 25.8 Å². The summed E-state index contributed by atoms with van der Waals surface area (Å²) in [5, 5.41) is 9.25. The van der Waals surface area contributed by atoms with Crippen molar-refractivity contribution < 1.29 is 28.6 Å². The zero-order chi connectivity index (χ0) is 15.9. The summed E-state index contributed by atoms with van der Waals surface area (Å²) in [5.41, 5.74) is -2.15. The number of aliphatic hydroxyl groups excluding tert-OH is 1. The molecule has 0 aromatic heterocycles. The third-order valence-corrected chi connectivity index (χ3v) is 3.07. The first-order chi connectivity index (χ1) is 10.0. The van der Waals surface area contributed by atoms with Crippen LogP contribution in [-0.2, 0) is 24.5 Å². The number of hydrogen-bond acceptors (Lipinski definition) is 5. The largest absolute Gasteiger partial charge is 0.465 e. The zero-order valence-electron chi connectivity index (χ0n) is 12.1. The average molecular weight is 298 g/mol. The number of carbonyl (C=O) groups excluding carboxylic acids is 2. The Hall–Kier alpha value is -1.95. The first kappa shape index (κ1) is 17.1. The normalized spacial score (nSPS) is 11.0. The molecule has 1 rings (SSSR count). The lowest BCUT2D eigenvalue weighted by atomic mass is 9.77. The molecule has 116 valence electrons. The van der Waals surface area contributed by atoms with E-state index in [1.165, 1.54) is 18.2 Å². The summed E-state index contributed by atoms with van der Waals surface area (Å²) in [6.07, 6.45) is -0.314. The van der Waals surface area contributed by atoms with Gasteiger partial charge in [-0.1, -0.05) is 18.2 Å². The van der Waals surface area contributed by atoms with Crippen molar-refractivity contribution in [1.82, 2.24) is 0 Å². The molecule has 0 amide bonds. The number of halogens is 1. The smallest absolute Gasteiger partial charge is 0.328 e. The van der Waals surface area contributed by atoms with Gasteiger partial charge in [0.25, 0.3) is 0 Å². The van der Waals surface area contributed by atoms with Gasteiger partial charge in [-0.3, -0.25) is 9.59 Å². The standard InChI is InChI=1S/C15H19FO5/c1-3-20-13(18)15(9-10-17,14(19)21-4-2)11-7-5-6-8-12(11)16/h5-8,17H,3-4,9-10H2,1-2H3. The van der Waals surface area contributed by atoms with Crippen molar-refractivity contribution in [3.8, 4) is 0 Å². The molecular formula is C15H19FO5. The van der Waals surface area contributed by atoms with E-state index in [2.05, 4.69) is 0 Å². The molecule has 0 saturated carbocycles. The van der Waals surface area contributed by atoms with Crippen LogP contribution in [0.2, 0.25) is 0 Å². The fourth-order valence-corrected chi connectivity index (χ4v) is 2.13. The number of aliphatic hydroxyl groups is 1. The van der Waals surface area contributed by atoms with E-state index >= 15 is 0 Å². The molecule has 0 aliphatic rings. The molecule has 1 aromatic rings. The molecule has 1 aromatic carbocycles. The van der Waals surface area contributed by atoms with Gasteiger partial charge in [-0.15, -0.1) is 0 Å². The number of hydrogen-bond donors (Lipinski definition) is 1. The van der Waals surface area contributed by atoms with Crippen molar-refractivity contribution in [1.29, 1.82) is 0 Å². The minimum absolute atomic E-state index is 0.0276. The van der Waals surface area contributed by atoms with Gasteiger partial charge in [-0.05, 0) is 19.9 Å². The van der Waals surface area contributed by atoms with Crippen LogP contribution < -0.4 is 0 Å². The summed E-state index contributed by atoms with van der Waals surface area (Å²) >= 11 is 0. The molecule has 0 radical (unpaired) electrons. The molecule has 0 heterocycles. The second-order valence-corrected chi connectivity index (χ2v) is 4.30. The third-order valence-electron chi connectivity index (χ3n) is 3.07. The van der Waals surface area contributed by atoms with Crippen LogP contribution in [0.15, 0.2) is 24.3 Å². The molecule has 5 nitrogen and oxygen atoms in total. The minimum Gasteiger partial charge on any atom is -0.465 e. The Morgan fingerprint density at radius 1 is 1.14 bits per heavy atom. The maximum Gasteiger partial charge on any atom is 0.328 e. The van der Waals surface area contributed by atoms with Gasteiger partial charge in [-0.25, -0.2) is 4.39 Å². The van der Waals surface area contributed by atoms with Gasteiger partial charge in [0.2, 0.25) is 0 Å². The highest BCUT2D eigenvalue weighted by molar-refractivity contribution is 6.06. The Morgan fingerprint density at radius 3 is 2.10 bits per heavy atom. The van der Waals surface area contributed by atoms with Gasteiger partial charge in [0, 0.05) is 18.6 Å². The van der Waals surface area contributed by atoms with E-state index in [-0.39, 0.29) is 25.2 Å². The van der Waals surface area contributed by atoms with Crippen LogP contribution in [0, 0.1) is 5.82 Å². The first-order valence-electron chi connectivity index (χ1n) is 6.74. The van der Waals surface area contributed by atoms with Gasteiger partial charge in [-0.2, -0.15) is 0 Å². The minimum atomic E-state index is -1.99. The Labute approximate surface area is 122 Å². The van der Waals surface area contributed by atoms with Crippen molar-refractivity contribution in [2.24, 2.45) is 0 Å². The van der Waals surface area contributed by atoms with Crippen LogP contribution in [0.4, 0.5) is 4.39 Å². The molecule has 0 unspecified atom stereocenters. The van der Waals surface area contributed by atoms with Crippen LogP contribution in [0.25, 0.3) is 0 Å². The summed E-state index contributed by atoms with van der Waals surface area (Å²) in [5.74, 6) is -2.59. The van der Waals surface area contributed by atoms with E-state index in [1.54, 1.807) is 13.8 Å². The molecule has 0 saturated heterocycles. The maximum absolute atomic E-state index is 14.1. The highest BCUT2D eigenvalue weighted by Crippen LogP contribution is 2.33. The number of ether oxygens (including phenoxy) is 2. The summed E-state index contributed by atoms with van der Waals surface area (Å²) in [7, 11) is 0. The fraction of sp³-hybridized carbons (Fsp3) is 0.467. The predicted molar refractivity (Wildman–Crippen MR) is 73.0 cm³/mol. The Morgan fingerprint density at radius 2 is 1.67 bits per heavy atom. The van der Waals surface area contributed by atoms with Crippen molar-refractivity contribution in [2.45, 2.75) is 25.7 Å². The van der Waals surface area contributed by atoms with Gasteiger partial charge < -0.3 is 14.6 Å². The van der Waals surface area contributed by atoms with E-state index in [0.29, 0.717) is 0 Å². The molecule has 0 aliphatic heterocycles. The highest BCUT2D eigenvalue weighted by atomic mass is 19.1. The molecule has 6 heteroatoms. The Kier molecular flexibility index (Phi) is 6.30. The van der Waals surface area contributed by atoms with Gasteiger partial charge in [0.05, 0.1) is 13.2 Å². The van der Waals surface area contributed by atoms with Crippen molar-refractivity contribution >= 4 is 11.9 Å². The lowest BCUT2D eigenvalue weighted by Gasteiger charge is -2.29. The lowest BCUT2D eigenvalue weighted by Crippen LogP contribution is -2.47. The van der Waals surface area contributed by atoms with Crippen LogP contribution in [-0.4, -0.2) is 36.9 Å². The molecular weight excluding hydrogens is 279 g/mol. The van der Waals surface area contributed by atoms with Gasteiger partial charge in [0.15, 0.2) is 5.41 Å². The quantitative estimate of drug-likeness (QED) is 0.611. The summed E-state index contributed by atoms with van der Waals surface area (Å²) in [6.45, 7) is 2.72. The first-order valence-corrected chi connectivity index (χ1v) is 6.74. The highest BCUT2D eigenvalue weighted by Gasteiger charge is 2.51. The lowest BCUT2D eigenvalue weighted by molar-refractivity contribution is -0.166. The predicted octanol–water partition coefficient (Wildman–Crippen LogP) is 1.57. The number of carbonyl (C=O) groups is 2. The summed E-state index contributed by atoms with van der Waals surface area (Å²) in [6, 6.07) is 5.40. The third kappa shape index (κ3) is 3.39. The number of rotatable bonds is 7. The van der Waals surface area contributed by atoms with Gasteiger partial charge >= 0.3 is 11.9 Å². The zero-order valence-corrected chi connectivity index (χ0v) is 12.1. The molecule has 0 bridgehead atoms. The molecule has 0 atom stereocenters. The molecule has 0 aliphatic carbocycles. The summed E-state index contributed by atoms with van der Waals surface area (Å²) < 4.78 is 24.0. The SMILES string of the molecule is CCOC(=O)C(CCO)(C(=O)OCC)c1ccccc1F. The number of esters is 2. The summed E-state index contributed by atoms with van der Waals surface area (Å²) in [4.78, 5) is 24.6. The second kappa shape index (κ2) is 7.73. The molecule has 1 N–H and O–H groups in total. The Bertz CT molecular complexity index is 483. The molecule has 0 fully saturated rings. The fourth-order valence-electron chi connectivity index (χ4n) is 2.13. The average Bonchev–Trinajstić information content (AvgIpc) is 2.46. The number of benzene rings is 1. The maximum atomic E-state index is 14.1. The van der Waals surface area contributed by atoms with E-state index in [9.17, 15) is 19.1 Å². The van der Waals surface area contributed by atoms with Crippen LogP contribution in [0.5, 0.6) is 0 Å². The van der Waals surface area contributed by atoms with E-state index < -0.39 is 29.8 Å². The Balaban J connectivity index is 3.47. The van der Waals surface area contributed by atoms with Crippen LogP contribution in [0.3, 0.4) is 0 Å².